The minimum atomic E-state index is -1.38. The highest BCUT2D eigenvalue weighted by Crippen LogP contribution is 2.29. The van der Waals surface area contributed by atoms with Crippen molar-refractivity contribution >= 4 is 0 Å². The summed E-state index contributed by atoms with van der Waals surface area (Å²) in [6.45, 7) is 1.22. The predicted molar refractivity (Wildman–Crippen MR) is 56.6 cm³/mol. The van der Waals surface area contributed by atoms with Gasteiger partial charge in [0.1, 0.15) is 6.17 Å². The van der Waals surface area contributed by atoms with Crippen LogP contribution in [-0.2, 0) is 4.74 Å². The number of aliphatic hydroxyl groups excluding tert-OH is 1. The molecule has 0 saturated carbocycles. The van der Waals surface area contributed by atoms with E-state index in [2.05, 4.69) is 4.98 Å². The lowest BCUT2D eigenvalue weighted by molar-refractivity contribution is -0.0395. The topological polar surface area (TPSA) is 84.3 Å². The van der Waals surface area contributed by atoms with Crippen LogP contribution in [0.15, 0.2) is 15.8 Å². The average molecular weight is 244 g/mol. The zero-order valence-electron chi connectivity index (χ0n) is 9.22. The fraction of sp³-hybridized carbons (Fsp3) is 0.600. The second kappa shape index (κ2) is 4.42. The lowest BCUT2D eigenvalue weighted by Crippen LogP contribution is -2.35. The van der Waals surface area contributed by atoms with Crippen molar-refractivity contribution in [1.29, 1.82) is 0 Å². The van der Waals surface area contributed by atoms with Gasteiger partial charge in [0, 0.05) is 18.2 Å². The number of hydrogen-bond acceptors (Lipinski definition) is 4. The van der Waals surface area contributed by atoms with E-state index < -0.39 is 29.8 Å². The SMILES string of the molecule is Cc1cn([C@@H]2O[C@@H](CO)C[C@H]2F)c(=O)[nH]c1=O. The number of aryl methyl sites for hydroxylation is 1. The van der Waals surface area contributed by atoms with E-state index in [1.165, 1.54) is 13.1 Å². The maximum absolute atomic E-state index is 13.6. The summed E-state index contributed by atoms with van der Waals surface area (Å²) in [7, 11) is 0. The van der Waals surface area contributed by atoms with E-state index >= 15 is 0 Å². The summed E-state index contributed by atoms with van der Waals surface area (Å²) in [5.41, 5.74) is -0.918. The number of aliphatic hydroxyl groups is 1. The molecule has 1 fully saturated rings. The molecule has 3 atom stereocenters. The summed E-state index contributed by atoms with van der Waals surface area (Å²) >= 11 is 0. The Hall–Kier alpha value is -1.47. The zero-order chi connectivity index (χ0) is 12.6. The van der Waals surface area contributed by atoms with Gasteiger partial charge in [0.15, 0.2) is 6.23 Å². The molecule has 17 heavy (non-hydrogen) atoms. The first kappa shape index (κ1) is 12.0. The van der Waals surface area contributed by atoms with Crippen molar-refractivity contribution in [2.24, 2.45) is 0 Å². The van der Waals surface area contributed by atoms with Crippen LogP contribution in [-0.4, -0.2) is 33.5 Å². The van der Waals surface area contributed by atoms with Crippen molar-refractivity contribution in [3.8, 4) is 0 Å². The third-order valence-corrected chi connectivity index (χ3v) is 2.75. The van der Waals surface area contributed by atoms with Crippen LogP contribution in [0.5, 0.6) is 0 Å². The van der Waals surface area contributed by atoms with Crippen LogP contribution in [0.4, 0.5) is 4.39 Å². The van der Waals surface area contributed by atoms with Gasteiger partial charge < -0.3 is 9.84 Å². The second-order valence-electron chi connectivity index (χ2n) is 4.06. The first-order valence-electron chi connectivity index (χ1n) is 5.25. The van der Waals surface area contributed by atoms with Gasteiger partial charge in [-0.05, 0) is 6.92 Å². The van der Waals surface area contributed by atoms with Crippen LogP contribution in [0, 0.1) is 6.92 Å². The van der Waals surface area contributed by atoms with Gasteiger partial charge in [0.2, 0.25) is 0 Å². The molecule has 0 spiro atoms. The van der Waals surface area contributed by atoms with Gasteiger partial charge in [-0.2, -0.15) is 0 Å². The van der Waals surface area contributed by atoms with Crippen LogP contribution in [0.3, 0.4) is 0 Å². The Bertz CT molecular complexity index is 524. The molecule has 2 heterocycles. The molecule has 1 aromatic rings. The second-order valence-corrected chi connectivity index (χ2v) is 4.06. The van der Waals surface area contributed by atoms with Crippen molar-refractivity contribution in [2.75, 3.05) is 6.61 Å². The van der Waals surface area contributed by atoms with E-state index in [0.717, 1.165) is 4.57 Å². The highest BCUT2D eigenvalue weighted by Gasteiger charge is 2.36. The van der Waals surface area contributed by atoms with Gasteiger partial charge in [0.25, 0.3) is 5.56 Å². The number of halogens is 1. The molecule has 1 aliphatic heterocycles. The summed E-state index contributed by atoms with van der Waals surface area (Å²) < 4.78 is 19.8. The maximum Gasteiger partial charge on any atom is 0.330 e. The molecule has 0 aromatic carbocycles. The third-order valence-electron chi connectivity index (χ3n) is 2.75. The molecule has 0 radical (unpaired) electrons. The smallest absolute Gasteiger partial charge is 0.330 e. The van der Waals surface area contributed by atoms with Gasteiger partial charge in [-0.25, -0.2) is 9.18 Å². The van der Waals surface area contributed by atoms with E-state index in [4.69, 9.17) is 9.84 Å². The Morgan fingerprint density at radius 3 is 2.94 bits per heavy atom. The van der Waals surface area contributed by atoms with Crippen LogP contribution in [0.1, 0.15) is 18.2 Å². The summed E-state index contributed by atoms with van der Waals surface area (Å²) in [6.07, 6.45) is -1.79. The van der Waals surface area contributed by atoms with E-state index in [1.807, 2.05) is 0 Å². The summed E-state index contributed by atoms with van der Waals surface area (Å²) in [5, 5.41) is 8.88. The molecular weight excluding hydrogens is 231 g/mol. The van der Waals surface area contributed by atoms with Gasteiger partial charge in [-0.1, -0.05) is 0 Å². The fourth-order valence-electron chi connectivity index (χ4n) is 1.84. The maximum atomic E-state index is 13.6. The van der Waals surface area contributed by atoms with Crippen LogP contribution >= 0.6 is 0 Å². The van der Waals surface area contributed by atoms with Crippen LogP contribution < -0.4 is 11.2 Å². The quantitative estimate of drug-likeness (QED) is 0.732. The molecule has 7 heteroatoms. The van der Waals surface area contributed by atoms with Gasteiger partial charge in [0.05, 0.1) is 12.7 Å². The van der Waals surface area contributed by atoms with Crippen molar-refractivity contribution in [3.05, 3.63) is 32.6 Å². The molecule has 2 rings (SSSR count). The standard InChI is InChI=1S/C10H13FN2O4/c1-5-3-13(10(16)12-8(5)15)9-7(11)2-6(4-14)17-9/h3,6-7,9,14H,2,4H2,1H3,(H,12,15,16)/t6-,7-,9-/m1/s1. The summed E-state index contributed by atoms with van der Waals surface area (Å²) in [4.78, 5) is 24.8. The molecule has 0 bridgehead atoms. The Balaban J connectivity index is 2.38. The lowest BCUT2D eigenvalue weighted by atomic mass is 10.2. The highest BCUT2D eigenvalue weighted by atomic mass is 19.1. The number of alkyl halides is 1. The highest BCUT2D eigenvalue weighted by molar-refractivity contribution is 5.02. The molecule has 0 unspecified atom stereocenters. The Labute approximate surface area is 95.7 Å². The molecule has 1 saturated heterocycles. The Morgan fingerprint density at radius 1 is 1.65 bits per heavy atom. The summed E-state index contributed by atoms with van der Waals surface area (Å²) in [5.74, 6) is 0. The number of aromatic amines is 1. The number of rotatable bonds is 2. The van der Waals surface area contributed by atoms with Gasteiger partial charge >= 0.3 is 5.69 Å². The number of aromatic nitrogens is 2. The Kier molecular flexibility index (Phi) is 3.12. The predicted octanol–water partition coefficient (Wildman–Crippen LogP) is -0.537. The molecule has 0 aliphatic carbocycles. The molecule has 0 amide bonds. The van der Waals surface area contributed by atoms with E-state index in [9.17, 15) is 14.0 Å². The number of ether oxygens (including phenoxy) is 1. The minimum absolute atomic E-state index is 0.0335. The van der Waals surface area contributed by atoms with Gasteiger partial charge in [-0.15, -0.1) is 0 Å². The normalized spacial score (nSPS) is 28.5. The van der Waals surface area contributed by atoms with Crippen LogP contribution in [0.25, 0.3) is 0 Å². The largest absolute Gasteiger partial charge is 0.394 e. The molecule has 94 valence electrons. The molecule has 6 nitrogen and oxygen atoms in total. The van der Waals surface area contributed by atoms with E-state index in [0.29, 0.717) is 5.56 Å². The van der Waals surface area contributed by atoms with Crippen LogP contribution in [0.2, 0.25) is 0 Å². The molecular formula is C10H13FN2O4. The van der Waals surface area contributed by atoms with Crippen molar-refractivity contribution in [2.45, 2.75) is 31.8 Å². The Morgan fingerprint density at radius 2 is 2.35 bits per heavy atom. The van der Waals surface area contributed by atoms with E-state index in [-0.39, 0.29) is 13.0 Å². The molecule has 1 aliphatic rings. The number of H-pyrrole nitrogens is 1. The van der Waals surface area contributed by atoms with Crippen molar-refractivity contribution < 1.29 is 14.2 Å². The fourth-order valence-corrected chi connectivity index (χ4v) is 1.84. The molecule has 2 N–H and O–H groups in total. The third kappa shape index (κ3) is 2.16. The number of nitrogens with zero attached hydrogens (tertiary/aromatic N) is 1. The lowest BCUT2D eigenvalue weighted by Gasteiger charge is -2.16. The minimum Gasteiger partial charge on any atom is -0.394 e. The number of hydrogen-bond donors (Lipinski definition) is 2. The molecule has 1 aromatic heterocycles. The first-order valence-corrected chi connectivity index (χ1v) is 5.25. The van der Waals surface area contributed by atoms with Crippen molar-refractivity contribution in [1.82, 2.24) is 9.55 Å². The average Bonchev–Trinajstić information content (AvgIpc) is 2.65. The van der Waals surface area contributed by atoms with E-state index in [1.54, 1.807) is 0 Å². The zero-order valence-corrected chi connectivity index (χ0v) is 9.22. The monoisotopic (exact) mass is 244 g/mol. The van der Waals surface area contributed by atoms with Gasteiger partial charge in [-0.3, -0.25) is 14.3 Å². The van der Waals surface area contributed by atoms with Crippen molar-refractivity contribution in [3.63, 3.8) is 0 Å². The summed E-state index contributed by atoms with van der Waals surface area (Å²) in [6, 6.07) is 0. The first-order chi connectivity index (χ1) is 8.02. The number of nitrogens with one attached hydrogen (secondary N) is 1.